The monoisotopic (exact) mass is 196 g/mol. The maximum Gasteiger partial charge on any atom is 0.0811 e. The standard InChI is InChI=1S/C11H20N2O/c1-8(2)9-5-6-11(3,12-4)10(7-9)13-14/h5,8,12,14H,6-7H2,1-4H3/b13-10+. The molecule has 0 saturated carbocycles. The van der Waals surface area contributed by atoms with E-state index in [1.165, 1.54) is 5.57 Å². The fourth-order valence-corrected chi connectivity index (χ4v) is 1.75. The lowest BCUT2D eigenvalue weighted by Crippen LogP contribution is -2.49. The van der Waals surface area contributed by atoms with Gasteiger partial charge in [-0.05, 0) is 26.3 Å². The van der Waals surface area contributed by atoms with Crippen LogP contribution in [0.2, 0.25) is 0 Å². The fourth-order valence-electron chi connectivity index (χ4n) is 1.75. The van der Waals surface area contributed by atoms with Gasteiger partial charge in [0.25, 0.3) is 0 Å². The maximum absolute atomic E-state index is 8.98. The van der Waals surface area contributed by atoms with Crippen molar-refractivity contribution >= 4 is 5.71 Å². The van der Waals surface area contributed by atoms with Crippen molar-refractivity contribution < 1.29 is 5.21 Å². The summed E-state index contributed by atoms with van der Waals surface area (Å²) in [5, 5.41) is 15.6. The quantitative estimate of drug-likeness (QED) is 0.404. The zero-order valence-corrected chi connectivity index (χ0v) is 9.46. The van der Waals surface area contributed by atoms with Gasteiger partial charge in [0.15, 0.2) is 0 Å². The van der Waals surface area contributed by atoms with Crippen LogP contribution in [0.25, 0.3) is 0 Å². The van der Waals surface area contributed by atoms with E-state index in [0.29, 0.717) is 5.92 Å². The zero-order valence-electron chi connectivity index (χ0n) is 9.46. The molecule has 80 valence electrons. The Kier molecular flexibility index (Phi) is 3.32. The molecule has 1 unspecified atom stereocenters. The minimum atomic E-state index is -0.173. The molecule has 1 aliphatic rings. The van der Waals surface area contributed by atoms with E-state index in [-0.39, 0.29) is 5.54 Å². The summed E-state index contributed by atoms with van der Waals surface area (Å²) in [7, 11) is 1.90. The number of hydrogen-bond acceptors (Lipinski definition) is 3. The Balaban J connectivity index is 2.91. The molecule has 3 heteroatoms. The second-order valence-electron chi connectivity index (χ2n) is 4.44. The van der Waals surface area contributed by atoms with E-state index in [9.17, 15) is 0 Å². The van der Waals surface area contributed by atoms with Crippen LogP contribution >= 0.6 is 0 Å². The average molecular weight is 196 g/mol. The van der Waals surface area contributed by atoms with Crippen molar-refractivity contribution in [3.8, 4) is 0 Å². The Hall–Kier alpha value is -0.830. The molecule has 0 aromatic heterocycles. The second-order valence-corrected chi connectivity index (χ2v) is 4.44. The summed E-state index contributed by atoms with van der Waals surface area (Å²) in [6.07, 6.45) is 3.94. The third-order valence-corrected chi connectivity index (χ3v) is 3.20. The van der Waals surface area contributed by atoms with Crippen LogP contribution in [0.1, 0.15) is 33.6 Å². The van der Waals surface area contributed by atoms with Crippen LogP contribution in [0, 0.1) is 5.92 Å². The van der Waals surface area contributed by atoms with Crippen LogP contribution in [-0.2, 0) is 0 Å². The molecular weight excluding hydrogens is 176 g/mol. The van der Waals surface area contributed by atoms with Gasteiger partial charge < -0.3 is 10.5 Å². The molecule has 0 spiro atoms. The Bertz CT molecular complexity index is 268. The Labute approximate surface area is 85.9 Å². The summed E-state index contributed by atoms with van der Waals surface area (Å²) >= 11 is 0. The van der Waals surface area contributed by atoms with Crippen molar-refractivity contribution in [1.29, 1.82) is 0 Å². The molecule has 0 fully saturated rings. The van der Waals surface area contributed by atoms with Crippen LogP contribution in [0.3, 0.4) is 0 Å². The zero-order chi connectivity index (χ0) is 10.8. The molecule has 1 aliphatic carbocycles. The van der Waals surface area contributed by atoms with E-state index >= 15 is 0 Å². The molecule has 1 rings (SSSR count). The van der Waals surface area contributed by atoms with E-state index in [1.54, 1.807) is 0 Å². The Morgan fingerprint density at radius 2 is 2.21 bits per heavy atom. The van der Waals surface area contributed by atoms with Crippen LogP contribution in [0.4, 0.5) is 0 Å². The summed E-state index contributed by atoms with van der Waals surface area (Å²) in [5.74, 6) is 0.535. The summed E-state index contributed by atoms with van der Waals surface area (Å²) in [4.78, 5) is 0. The van der Waals surface area contributed by atoms with Gasteiger partial charge >= 0.3 is 0 Å². The highest BCUT2D eigenvalue weighted by Crippen LogP contribution is 2.28. The maximum atomic E-state index is 8.98. The lowest BCUT2D eigenvalue weighted by atomic mass is 9.79. The minimum Gasteiger partial charge on any atom is -0.411 e. The summed E-state index contributed by atoms with van der Waals surface area (Å²) in [5.41, 5.74) is 2.03. The molecule has 0 heterocycles. The first-order valence-corrected chi connectivity index (χ1v) is 5.12. The van der Waals surface area contributed by atoms with Crippen molar-refractivity contribution in [2.45, 2.75) is 39.2 Å². The lowest BCUT2D eigenvalue weighted by Gasteiger charge is -2.34. The van der Waals surface area contributed by atoms with E-state index < -0.39 is 0 Å². The molecule has 0 amide bonds. The van der Waals surface area contributed by atoms with Gasteiger partial charge in [-0.25, -0.2) is 0 Å². The SMILES string of the molecule is CNC1(C)CC=C(C(C)C)C/C1=N\O. The number of nitrogens with zero attached hydrogens (tertiary/aromatic N) is 1. The number of nitrogens with one attached hydrogen (secondary N) is 1. The third kappa shape index (κ3) is 1.98. The molecule has 0 aromatic rings. The molecule has 0 bridgehead atoms. The van der Waals surface area contributed by atoms with E-state index in [1.807, 2.05) is 7.05 Å². The molecule has 0 aromatic carbocycles. The average Bonchev–Trinajstić information content (AvgIpc) is 2.18. The molecule has 3 nitrogen and oxygen atoms in total. The Morgan fingerprint density at radius 1 is 1.57 bits per heavy atom. The highest BCUT2D eigenvalue weighted by atomic mass is 16.4. The second kappa shape index (κ2) is 4.13. The summed E-state index contributed by atoms with van der Waals surface area (Å²) in [6, 6.07) is 0. The third-order valence-electron chi connectivity index (χ3n) is 3.20. The van der Waals surface area contributed by atoms with E-state index in [0.717, 1.165) is 18.6 Å². The first-order valence-electron chi connectivity index (χ1n) is 5.12. The minimum absolute atomic E-state index is 0.173. The van der Waals surface area contributed by atoms with Crippen molar-refractivity contribution in [2.75, 3.05) is 7.05 Å². The van der Waals surface area contributed by atoms with Gasteiger partial charge in [-0.15, -0.1) is 0 Å². The number of allylic oxidation sites excluding steroid dienone is 1. The molecule has 0 aliphatic heterocycles. The predicted octanol–water partition coefficient (Wildman–Crippen LogP) is 2.17. The van der Waals surface area contributed by atoms with Gasteiger partial charge in [0, 0.05) is 6.42 Å². The Morgan fingerprint density at radius 3 is 2.64 bits per heavy atom. The van der Waals surface area contributed by atoms with Crippen LogP contribution in [0.5, 0.6) is 0 Å². The topological polar surface area (TPSA) is 44.6 Å². The van der Waals surface area contributed by atoms with Crippen molar-refractivity contribution in [2.24, 2.45) is 11.1 Å². The normalized spacial score (nSPS) is 30.9. The number of oxime groups is 1. The van der Waals surface area contributed by atoms with Crippen molar-refractivity contribution in [3.05, 3.63) is 11.6 Å². The predicted molar refractivity (Wildman–Crippen MR) is 58.8 cm³/mol. The summed E-state index contributed by atoms with van der Waals surface area (Å²) in [6.45, 7) is 6.40. The highest BCUT2D eigenvalue weighted by molar-refractivity contribution is 5.95. The molecule has 0 saturated heterocycles. The van der Waals surface area contributed by atoms with Crippen LogP contribution in [-0.4, -0.2) is 23.5 Å². The van der Waals surface area contributed by atoms with Gasteiger partial charge in [-0.1, -0.05) is 30.7 Å². The van der Waals surface area contributed by atoms with E-state index in [2.05, 4.69) is 37.3 Å². The van der Waals surface area contributed by atoms with Gasteiger partial charge in [0.1, 0.15) is 0 Å². The highest BCUT2D eigenvalue weighted by Gasteiger charge is 2.32. The molecule has 0 radical (unpaired) electrons. The summed E-state index contributed by atoms with van der Waals surface area (Å²) < 4.78 is 0. The van der Waals surface area contributed by atoms with E-state index in [4.69, 9.17) is 5.21 Å². The first-order chi connectivity index (χ1) is 6.53. The fraction of sp³-hybridized carbons (Fsp3) is 0.727. The molecule has 1 atom stereocenters. The lowest BCUT2D eigenvalue weighted by molar-refractivity contribution is 0.307. The van der Waals surface area contributed by atoms with Crippen LogP contribution < -0.4 is 5.32 Å². The van der Waals surface area contributed by atoms with Gasteiger partial charge in [0.05, 0.1) is 11.3 Å². The van der Waals surface area contributed by atoms with Crippen LogP contribution in [0.15, 0.2) is 16.8 Å². The smallest absolute Gasteiger partial charge is 0.0811 e. The molecule has 2 N–H and O–H groups in total. The van der Waals surface area contributed by atoms with Crippen molar-refractivity contribution in [1.82, 2.24) is 5.32 Å². The molecule has 14 heavy (non-hydrogen) atoms. The van der Waals surface area contributed by atoms with Gasteiger partial charge in [0.2, 0.25) is 0 Å². The number of rotatable bonds is 2. The molecular formula is C11H20N2O. The largest absolute Gasteiger partial charge is 0.411 e. The van der Waals surface area contributed by atoms with Gasteiger partial charge in [-0.2, -0.15) is 0 Å². The van der Waals surface area contributed by atoms with Crippen molar-refractivity contribution in [3.63, 3.8) is 0 Å². The van der Waals surface area contributed by atoms with Gasteiger partial charge in [-0.3, -0.25) is 0 Å². The number of hydrogen-bond donors (Lipinski definition) is 2. The first kappa shape index (κ1) is 11.2.